The van der Waals surface area contributed by atoms with Crippen molar-refractivity contribution in [3.05, 3.63) is 23.8 Å². The van der Waals surface area contributed by atoms with Gasteiger partial charge in [-0.1, -0.05) is 6.07 Å². The highest BCUT2D eigenvalue weighted by molar-refractivity contribution is 5.96. The lowest BCUT2D eigenvalue weighted by molar-refractivity contribution is -0.121. The van der Waals surface area contributed by atoms with Gasteiger partial charge in [-0.15, -0.1) is 0 Å². The molecule has 1 saturated carbocycles. The van der Waals surface area contributed by atoms with Crippen molar-refractivity contribution in [1.82, 2.24) is 4.90 Å². The molecule has 0 aromatic heterocycles. The molecule has 23 heavy (non-hydrogen) atoms. The first kappa shape index (κ1) is 16.0. The van der Waals surface area contributed by atoms with Gasteiger partial charge in [0.1, 0.15) is 0 Å². The summed E-state index contributed by atoms with van der Waals surface area (Å²) in [5.74, 6) is 0.0846. The number of amides is 2. The lowest BCUT2D eigenvalue weighted by atomic mass is 9.95. The number of hydrogen-bond donors (Lipinski definition) is 2. The molecule has 0 spiro atoms. The van der Waals surface area contributed by atoms with Crippen molar-refractivity contribution in [3.8, 4) is 0 Å². The van der Waals surface area contributed by atoms with E-state index in [1.54, 1.807) is 0 Å². The Kier molecular flexibility index (Phi) is 4.66. The largest absolute Gasteiger partial charge is 0.326 e. The maximum Gasteiger partial charge on any atom is 0.227 e. The fourth-order valence-corrected chi connectivity index (χ4v) is 3.30. The normalized spacial score (nSPS) is 19.4. The zero-order valence-corrected chi connectivity index (χ0v) is 13.9. The molecule has 1 aliphatic heterocycles. The average Bonchev–Trinajstić information content (AvgIpc) is 3.36. The zero-order chi connectivity index (χ0) is 16.4. The predicted octanol–water partition coefficient (Wildman–Crippen LogP) is 2.77. The van der Waals surface area contributed by atoms with Crippen molar-refractivity contribution < 1.29 is 9.59 Å². The number of rotatable bonds is 4. The molecule has 5 heteroatoms. The molecule has 2 fully saturated rings. The van der Waals surface area contributed by atoms with E-state index in [4.69, 9.17) is 0 Å². The molecule has 0 unspecified atom stereocenters. The summed E-state index contributed by atoms with van der Waals surface area (Å²) in [5.41, 5.74) is 2.43. The second-order valence-corrected chi connectivity index (χ2v) is 6.69. The van der Waals surface area contributed by atoms with Crippen LogP contribution in [0.5, 0.6) is 0 Å². The Balaban J connectivity index is 1.60. The van der Waals surface area contributed by atoms with Gasteiger partial charge in [0.2, 0.25) is 11.8 Å². The minimum absolute atomic E-state index is 0.0915. The van der Waals surface area contributed by atoms with Crippen LogP contribution >= 0.6 is 0 Å². The van der Waals surface area contributed by atoms with E-state index in [9.17, 15) is 9.59 Å². The van der Waals surface area contributed by atoms with Crippen LogP contribution in [-0.4, -0.2) is 35.8 Å². The molecule has 2 amide bonds. The molecular weight excluding hydrogens is 290 g/mol. The number of nitrogens with one attached hydrogen (secondary N) is 2. The van der Waals surface area contributed by atoms with Gasteiger partial charge in [0.05, 0.1) is 0 Å². The third-order valence-electron chi connectivity index (χ3n) is 4.87. The SMILES string of the molecule is CC(=O)Nc1cccc(NC(=O)C2CCN(C3CC3)CC2)c1C. The Morgan fingerprint density at radius 3 is 2.22 bits per heavy atom. The Labute approximate surface area is 137 Å². The van der Waals surface area contributed by atoms with Crippen LogP contribution in [-0.2, 0) is 9.59 Å². The third kappa shape index (κ3) is 3.91. The Bertz CT molecular complexity index is 602. The maximum atomic E-state index is 12.5. The summed E-state index contributed by atoms with van der Waals surface area (Å²) in [7, 11) is 0. The van der Waals surface area contributed by atoms with Gasteiger partial charge in [0, 0.05) is 30.3 Å². The number of nitrogens with zero attached hydrogens (tertiary/aromatic N) is 1. The molecule has 2 aliphatic rings. The van der Waals surface area contributed by atoms with Crippen LogP contribution in [0.2, 0.25) is 0 Å². The number of piperidine rings is 1. The summed E-state index contributed by atoms with van der Waals surface area (Å²) >= 11 is 0. The van der Waals surface area contributed by atoms with Crippen LogP contribution in [0.3, 0.4) is 0 Å². The van der Waals surface area contributed by atoms with Crippen LogP contribution in [0.1, 0.15) is 38.2 Å². The zero-order valence-electron chi connectivity index (χ0n) is 13.9. The number of hydrogen-bond acceptors (Lipinski definition) is 3. The maximum absolute atomic E-state index is 12.5. The number of carbonyl (C=O) groups excluding carboxylic acids is 2. The first-order valence-corrected chi connectivity index (χ1v) is 8.46. The van der Waals surface area contributed by atoms with Crippen molar-refractivity contribution in [2.24, 2.45) is 5.92 Å². The van der Waals surface area contributed by atoms with Crippen LogP contribution in [0.25, 0.3) is 0 Å². The molecule has 2 N–H and O–H groups in total. The van der Waals surface area contributed by atoms with Gasteiger partial charge in [-0.3, -0.25) is 9.59 Å². The van der Waals surface area contributed by atoms with Gasteiger partial charge < -0.3 is 15.5 Å². The van der Waals surface area contributed by atoms with Gasteiger partial charge in [-0.2, -0.15) is 0 Å². The van der Waals surface area contributed by atoms with Crippen LogP contribution in [0.4, 0.5) is 11.4 Å². The molecule has 3 rings (SSSR count). The lowest BCUT2D eigenvalue weighted by Gasteiger charge is -2.31. The highest BCUT2D eigenvalue weighted by atomic mass is 16.2. The van der Waals surface area contributed by atoms with E-state index < -0.39 is 0 Å². The average molecular weight is 315 g/mol. The Morgan fingerprint density at radius 1 is 1.04 bits per heavy atom. The van der Waals surface area contributed by atoms with Gasteiger partial charge in [0.25, 0.3) is 0 Å². The van der Waals surface area contributed by atoms with Crippen molar-refractivity contribution in [2.75, 3.05) is 23.7 Å². The first-order valence-electron chi connectivity index (χ1n) is 8.46. The monoisotopic (exact) mass is 315 g/mol. The molecule has 5 nitrogen and oxygen atoms in total. The van der Waals surface area contributed by atoms with Crippen molar-refractivity contribution in [1.29, 1.82) is 0 Å². The fourth-order valence-electron chi connectivity index (χ4n) is 3.30. The molecular formula is C18H25N3O2. The molecule has 1 saturated heterocycles. The third-order valence-corrected chi connectivity index (χ3v) is 4.87. The van der Waals surface area contributed by atoms with E-state index in [2.05, 4.69) is 15.5 Å². The summed E-state index contributed by atoms with van der Waals surface area (Å²) in [6, 6.07) is 6.37. The minimum atomic E-state index is -0.107. The van der Waals surface area contributed by atoms with Crippen LogP contribution in [0.15, 0.2) is 18.2 Å². The second kappa shape index (κ2) is 6.71. The van der Waals surface area contributed by atoms with Gasteiger partial charge in [-0.25, -0.2) is 0 Å². The lowest BCUT2D eigenvalue weighted by Crippen LogP contribution is -2.39. The number of carbonyl (C=O) groups is 2. The minimum Gasteiger partial charge on any atom is -0.326 e. The Hall–Kier alpha value is -1.88. The smallest absolute Gasteiger partial charge is 0.227 e. The van der Waals surface area contributed by atoms with E-state index in [-0.39, 0.29) is 17.7 Å². The molecule has 1 aromatic carbocycles. The molecule has 0 bridgehead atoms. The molecule has 124 valence electrons. The molecule has 1 aliphatic carbocycles. The van der Waals surface area contributed by atoms with Crippen LogP contribution < -0.4 is 10.6 Å². The number of benzene rings is 1. The van der Waals surface area contributed by atoms with Crippen molar-refractivity contribution in [2.45, 2.75) is 45.6 Å². The van der Waals surface area contributed by atoms with E-state index >= 15 is 0 Å². The van der Waals surface area contributed by atoms with Crippen LogP contribution in [0, 0.1) is 12.8 Å². The summed E-state index contributed by atoms with van der Waals surface area (Å²) in [5, 5.41) is 5.84. The summed E-state index contributed by atoms with van der Waals surface area (Å²) in [6.45, 7) is 5.47. The fraction of sp³-hybridized carbons (Fsp3) is 0.556. The summed E-state index contributed by atoms with van der Waals surface area (Å²) < 4.78 is 0. The topological polar surface area (TPSA) is 61.4 Å². The molecule has 0 atom stereocenters. The van der Waals surface area contributed by atoms with E-state index in [1.807, 2.05) is 25.1 Å². The second-order valence-electron chi connectivity index (χ2n) is 6.69. The molecule has 0 radical (unpaired) electrons. The van der Waals surface area contributed by atoms with Crippen molar-refractivity contribution >= 4 is 23.2 Å². The van der Waals surface area contributed by atoms with Gasteiger partial charge in [0.15, 0.2) is 0 Å². The van der Waals surface area contributed by atoms with Gasteiger partial charge in [-0.05, 0) is 63.4 Å². The van der Waals surface area contributed by atoms with Gasteiger partial charge >= 0.3 is 0 Å². The highest BCUT2D eigenvalue weighted by Gasteiger charge is 2.33. The first-order chi connectivity index (χ1) is 11.0. The standard InChI is InChI=1S/C18H25N3O2/c1-12-16(19-13(2)22)4-3-5-17(12)20-18(23)14-8-10-21(11-9-14)15-6-7-15/h3-5,14-15H,6-11H2,1-2H3,(H,19,22)(H,20,23). The quantitative estimate of drug-likeness (QED) is 0.898. The number of anilines is 2. The summed E-state index contributed by atoms with van der Waals surface area (Å²) in [4.78, 5) is 26.3. The molecule has 1 aromatic rings. The van der Waals surface area contributed by atoms with Crippen molar-refractivity contribution in [3.63, 3.8) is 0 Å². The summed E-state index contributed by atoms with van der Waals surface area (Å²) in [6.07, 6.45) is 4.53. The van der Waals surface area contributed by atoms with E-state index in [0.717, 1.165) is 48.9 Å². The Morgan fingerprint density at radius 2 is 1.65 bits per heavy atom. The predicted molar refractivity (Wildman–Crippen MR) is 91.4 cm³/mol. The highest BCUT2D eigenvalue weighted by Crippen LogP contribution is 2.31. The number of likely N-dealkylation sites (tertiary alicyclic amines) is 1. The molecule has 1 heterocycles. The van der Waals surface area contributed by atoms with E-state index in [1.165, 1.54) is 19.8 Å². The van der Waals surface area contributed by atoms with E-state index in [0.29, 0.717) is 0 Å².